The van der Waals surface area contributed by atoms with E-state index in [4.69, 9.17) is 0 Å². The normalized spacial score (nSPS) is 24.4. The summed E-state index contributed by atoms with van der Waals surface area (Å²) < 4.78 is 38.9. The number of piperidine rings is 1. The number of aryl methyl sites for hydroxylation is 1. The maximum absolute atomic E-state index is 13.0. The van der Waals surface area contributed by atoms with Gasteiger partial charge in [-0.25, -0.2) is 0 Å². The van der Waals surface area contributed by atoms with Crippen LogP contribution in [-0.2, 0) is 12.8 Å². The van der Waals surface area contributed by atoms with Crippen LogP contribution >= 0.6 is 0 Å². The van der Waals surface area contributed by atoms with E-state index in [9.17, 15) is 13.2 Å². The number of hydrogen-bond donors (Lipinski definition) is 1. The molecule has 1 aliphatic rings. The lowest BCUT2D eigenvalue weighted by Crippen LogP contribution is -2.48. The summed E-state index contributed by atoms with van der Waals surface area (Å²) in [5, 5.41) is 3.03. The van der Waals surface area contributed by atoms with Crippen LogP contribution in [0.3, 0.4) is 0 Å². The molecule has 4 heteroatoms. The van der Waals surface area contributed by atoms with Gasteiger partial charge >= 0.3 is 6.18 Å². The van der Waals surface area contributed by atoms with E-state index in [-0.39, 0.29) is 6.42 Å². The van der Waals surface area contributed by atoms with Crippen LogP contribution in [0, 0.1) is 5.92 Å². The lowest BCUT2D eigenvalue weighted by molar-refractivity contribution is -0.188. The number of alkyl halides is 3. The van der Waals surface area contributed by atoms with Crippen molar-refractivity contribution < 1.29 is 13.2 Å². The second-order valence-corrected chi connectivity index (χ2v) is 5.23. The molecule has 2 atom stereocenters. The summed E-state index contributed by atoms with van der Waals surface area (Å²) in [6.45, 7) is 2.75. The molecule has 1 nitrogen and oxygen atoms in total. The van der Waals surface area contributed by atoms with E-state index in [0.717, 1.165) is 12.0 Å². The predicted octanol–water partition coefficient (Wildman–Crippen LogP) is 3.72. The van der Waals surface area contributed by atoms with Gasteiger partial charge in [-0.1, -0.05) is 31.2 Å². The Morgan fingerprint density at radius 2 is 1.79 bits per heavy atom. The maximum Gasteiger partial charge on any atom is 0.393 e. The Labute approximate surface area is 112 Å². The van der Waals surface area contributed by atoms with Gasteiger partial charge in [0.05, 0.1) is 5.92 Å². The van der Waals surface area contributed by atoms with Gasteiger partial charge in [0.1, 0.15) is 0 Å². The predicted molar refractivity (Wildman–Crippen MR) is 70.1 cm³/mol. The van der Waals surface area contributed by atoms with Crippen molar-refractivity contribution in [3.63, 3.8) is 0 Å². The summed E-state index contributed by atoms with van der Waals surface area (Å²) in [4.78, 5) is 0. The van der Waals surface area contributed by atoms with Crippen LogP contribution in [0.2, 0.25) is 0 Å². The van der Waals surface area contributed by atoms with Crippen LogP contribution in [0.15, 0.2) is 24.3 Å². The van der Waals surface area contributed by atoms with E-state index in [1.807, 2.05) is 24.3 Å². The van der Waals surface area contributed by atoms with Gasteiger partial charge in [0, 0.05) is 6.04 Å². The first-order valence-electron chi connectivity index (χ1n) is 6.88. The van der Waals surface area contributed by atoms with Crippen molar-refractivity contribution in [1.82, 2.24) is 5.32 Å². The highest BCUT2D eigenvalue weighted by molar-refractivity contribution is 5.23. The number of benzene rings is 1. The van der Waals surface area contributed by atoms with Gasteiger partial charge in [0.2, 0.25) is 0 Å². The van der Waals surface area contributed by atoms with E-state index in [1.165, 1.54) is 5.56 Å². The number of halogens is 3. The molecule has 1 fully saturated rings. The van der Waals surface area contributed by atoms with Crippen LogP contribution in [0.25, 0.3) is 0 Å². The van der Waals surface area contributed by atoms with Crippen molar-refractivity contribution in [2.75, 3.05) is 6.54 Å². The van der Waals surface area contributed by atoms with Crippen molar-refractivity contribution in [3.8, 4) is 0 Å². The summed E-state index contributed by atoms with van der Waals surface area (Å²) >= 11 is 0. The molecule has 1 N–H and O–H groups in total. The fourth-order valence-corrected chi connectivity index (χ4v) is 2.72. The van der Waals surface area contributed by atoms with Gasteiger partial charge < -0.3 is 5.32 Å². The smallest absolute Gasteiger partial charge is 0.313 e. The molecular weight excluding hydrogens is 251 g/mol. The lowest BCUT2D eigenvalue weighted by atomic mass is 9.86. The summed E-state index contributed by atoms with van der Waals surface area (Å²) in [7, 11) is 0. The highest BCUT2D eigenvalue weighted by Crippen LogP contribution is 2.35. The summed E-state index contributed by atoms with van der Waals surface area (Å²) in [5.74, 6) is -1.22. The van der Waals surface area contributed by atoms with Crippen molar-refractivity contribution in [3.05, 3.63) is 35.4 Å². The molecule has 1 aromatic rings. The molecule has 2 unspecified atom stereocenters. The summed E-state index contributed by atoms with van der Waals surface area (Å²) in [6, 6.07) is 7.41. The van der Waals surface area contributed by atoms with Gasteiger partial charge in [-0.3, -0.25) is 0 Å². The zero-order chi connectivity index (χ0) is 13.9. The zero-order valence-electron chi connectivity index (χ0n) is 11.1. The third-order valence-corrected chi connectivity index (χ3v) is 3.89. The fraction of sp³-hybridized carbons (Fsp3) is 0.600. The van der Waals surface area contributed by atoms with Crippen LogP contribution in [0.5, 0.6) is 0 Å². The highest BCUT2D eigenvalue weighted by Gasteiger charge is 2.45. The SMILES string of the molecule is CCc1ccc(CC2NCCCC2C(F)(F)F)cc1. The Hall–Kier alpha value is -1.03. The van der Waals surface area contributed by atoms with Crippen LogP contribution < -0.4 is 5.32 Å². The number of hydrogen-bond acceptors (Lipinski definition) is 1. The Kier molecular flexibility index (Phi) is 4.50. The standard InChI is InChI=1S/C15H20F3N/c1-2-11-5-7-12(8-6-11)10-14-13(15(16,17)18)4-3-9-19-14/h5-8,13-14,19H,2-4,9-10H2,1H3. The van der Waals surface area contributed by atoms with Crippen molar-refractivity contribution in [2.45, 2.75) is 44.8 Å². The molecule has 1 aromatic carbocycles. The maximum atomic E-state index is 13.0. The van der Waals surface area contributed by atoms with Gasteiger partial charge in [-0.15, -0.1) is 0 Å². The summed E-state index contributed by atoms with van der Waals surface area (Å²) in [6.07, 6.45) is -1.84. The van der Waals surface area contributed by atoms with Crippen LogP contribution in [0.4, 0.5) is 13.2 Å². The Morgan fingerprint density at radius 1 is 1.16 bits per heavy atom. The molecule has 0 aliphatic carbocycles. The minimum atomic E-state index is -4.10. The molecule has 19 heavy (non-hydrogen) atoms. The monoisotopic (exact) mass is 271 g/mol. The largest absolute Gasteiger partial charge is 0.393 e. The molecule has 0 amide bonds. The molecule has 1 heterocycles. The Morgan fingerprint density at radius 3 is 2.37 bits per heavy atom. The first-order chi connectivity index (χ1) is 9.00. The minimum Gasteiger partial charge on any atom is -0.313 e. The molecule has 2 rings (SSSR count). The molecule has 0 saturated carbocycles. The fourth-order valence-electron chi connectivity index (χ4n) is 2.72. The molecule has 106 valence electrons. The van der Waals surface area contributed by atoms with Gasteiger partial charge in [-0.2, -0.15) is 13.2 Å². The van der Waals surface area contributed by atoms with Gasteiger partial charge in [0.15, 0.2) is 0 Å². The molecule has 1 saturated heterocycles. The molecule has 0 aromatic heterocycles. The van der Waals surface area contributed by atoms with E-state index in [0.29, 0.717) is 19.4 Å². The lowest BCUT2D eigenvalue weighted by Gasteiger charge is -2.34. The average Bonchev–Trinajstić information content (AvgIpc) is 2.39. The third-order valence-electron chi connectivity index (χ3n) is 3.89. The summed E-state index contributed by atoms with van der Waals surface area (Å²) in [5.41, 5.74) is 2.19. The molecule has 1 aliphatic heterocycles. The first kappa shape index (κ1) is 14.4. The average molecular weight is 271 g/mol. The van der Waals surface area contributed by atoms with Crippen LogP contribution in [-0.4, -0.2) is 18.8 Å². The van der Waals surface area contributed by atoms with Crippen molar-refractivity contribution in [2.24, 2.45) is 5.92 Å². The van der Waals surface area contributed by atoms with E-state index in [2.05, 4.69) is 12.2 Å². The molecule has 0 bridgehead atoms. The highest BCUT2D eigenvalue weighted by atomic mass is 19.4. The second kappa shape index (κ2) is 5.95. The second-order valence-electron chi connectivity index (χ2n) is 5.23. The molecule has 0 spiro atoms. The Balaban J connectivity index is 2.06. The number of nitrogens with one attached hydrogen (secondary N) is 1. The van der Waals surface area contributed by atoms with Crippen LogP contribution in [0.1, 0.15) is 30.9 Å². The van der Waals surface area contributed by atoms with E-state index in [1.54, 1.807) is 0 Å². The van der Waals surface area contributed by atoms with Gasteiger partial charge in [-0.05, 0) is 43.4 Å². The van der Waals surface area contributed by atoms with Gasteiger partial charge in [0.25, 0.3) is 0 Å². The Bertz CT molecular complexity index is 397. The van der Waals surface area contributed by atoms with Crippen molar-refractivity contribution >= 4 is 0 Å². The van der Waals surface area contributed by atoms with Crippen molar-refractivity contribution in [1.29, 1.82) is 0 Å². The quantitative estimate of drug-likeness (QED) is 0.883. The molecular formula is C15H20F3N. The minimum absolute atomic E-state index is 0.244. The molecule has 0 radical (unpaired) electrons. The first-order valence-corrected chi connectivity index (χ1v) is 6.88. The van der Waals surface area contributed by atoms with E-state index < -0.39 is 18.1 Å². The topological polar surface area (TPSA) is 12.0 Å². The van der Waals surface area contributed by atoms with E-state index >= 15 is 0 Å². The number of rotatable bonds is 3. The third kappa shape index (κ3) is 3.72. The zero-order valence-corrected chi connectivity index (χ0v) is 11.1.